The van der Waals surface area contributed by atoms with Gasteiger partial charge in [-0.25, -0.2) is 8.78 Å². The van der Waals surface area contributed by atoms with Crippen LogP contribution in [-0.2, 0) is 6.54 Å². The van der Waals surface area contributed by atoms with Crippen molar-refractivity contribution < 1.29 is 8.78 Å². The third-order valence-electron chi connectivity index (χ3n) is 3.60. The first-order valence-electron chi connectivity index (χ1n) is 5.59. The molecule has 16 heavy (non-hydrogen) atoms. The number of rotatable bonds is 2. The van der Waals surface area contributed by atoms with E-state index in [-0.39, 0.29) is 11.3 Å². The van der Waals surface area contributed by atoms with Gasteiger partial charge < -0.3 is 5.73 Å². The zero-order chi connectivity index (χ0) is 11.3. The van der Waals surface area contributed by atoms with E-state index in [0.29, 0.717) is 6.54 Å². The van der Waals surface area contributed by atoms with Crippen molar-refractivity contribution in [2.45, 2.75) is 13.0 Å². The SMILES string of the molecule is Nc1cc(F)c(CN2CC3CC3C2)c(F)c1. The number of anilines is 1. The van der Waals surface area contributed by atoms with Gasteiger partial charge in [-0.05, 0) is 30.4 Å². The smallest absolute Gasteiger partial charge is 0.132 e. The number of hydrogen-bond donors (Lipinski definition) is 1. The van der Waals surface area contributed by atoms with E-state index in [1.807, 2.05) is 0 Å². The molecule has 2 nitrogen and oxygen atoms in total. The molecule has 0 radical (unpaired) electrons. The molecule has 1 saturated carbocycles. The number of benzene rings is 1. The molecule has 2 unspecified atom stereocenters. The van der Waals surface area contributed by atoms with Crippen LogP contribution in [0.3, 0.4) is 0 Å². The average Bonchev–Trinajstić information content (AvgIpc) is 2.80. The van der Waals surface area contributed by atoms with Gasteiger partial charge in [0.25, 0.3) is 0 Å². The molecule has 0 aromatic heterocycles. The number of nitrogens with zero attached hydrogens (tertiary/aromatic N) is 1. The monoisotopic (exact) mass is 224 g/mol. The topological polar surface area (TPSA) is 29.3 Å². The molecule has 1 heterocycles. The summed E-state index contributed by atoms with van der Waals surface area (Å²) in [6.45, 7) is 2.33. The van der Waals surface area contributed by atoms with Gasteiger partial charge in [0.1, 0.15) is 11.6 Å². The molecule has 1 aliphatic heterocycles. The molecule has 1 aliphatic carbocycles. The highest BCUT2D eigenvalue weighted by Gasteiger charge is 2.44. The first-order chi connectivity index (χ1) is 7.63. The Hall–Kier alpha value is -1.16. The lowest BCUT2D eigenvalue weighted by molar-refractivity contribution is 0.287. The maximum atomic E-state index is 13.5. The van der Waals surface area contributed by atoms with Crippen molar-refractivity contribution in [2.75, 3.05) is 18.8 Å². The summed E-state index contributed by atoms with van der Waals surface area (Å²) in [6, 6.07) is 2.38. The fourth-order valence-electron chi connectivity index (χ4n) is 2.62. The molecule has 1 saturated heterocycles. The highest BCUT2D eigenvalue weighted by Crippen LogP contribution is 2.45. The van der Waals surface area contributed by atoms with Gasteiger partial charge >= 0.3 is 0 Å². The lowest BCUT2D eigenvalue weighted by Gasteiger charge is -2.18. The molecule has 2 aliphatic rings. The second kappa shape index (κ2) is 3.42. The number of nitrogens with two attached hydrogens (primary N) is 1. The third kappa shape index (κ3) is 1.67. The number of halogens is 2. The second-order valence-corrected chi connectivity index (χ2v) is 4.91. The maximum Gasteiger partial charge on any atom is 0.132 e. The van der Waals surface area contributed by atoms with E-state index < -0.39 is 11.6 Å². The molecular formula is C12H14F2N2. The van der Waals surface area contributed by atoms with Crippen LogP contribution in [0.25, 0.3) is 0 Å². The van der Waals surface area contributed by atoms with Gasteiger partial charge in [0.15, 0.2) is 0 Å². The minimum atomic E-state index is -0.530. The van der Waals surface area contributed by atoms with E-state index in [1.165, 1.54) is 18.6 Å². The predicted molar refractivity (Wildman–Crippen MR) is 57.6 cm³/mol. The zero-order valence-electron chi connectivity index (χ0n) is 8.92. The summed E-state index contributed by atoms with van der Waals surface area (Å²) in [4.78, 5) is 2.12. The van der Waals surface area contributed by atoms with E-state index >= 15 is 0 Å². The highest BCUT2D eigenvalue weighted by atomic mass is 19.1. The van der Waals surface area contributed by atoms with Gasteiger partial charge in [0.2, 0.25) is 0 Å². The number of likely N-dealkylation sites (tertiary alicyclic amines) is 1. The summed E-state index contributed by atoms with van der Waals surface area (Å²) < 4.78 is 27.1. The lowest BCUT2D eigenvalue weighted by atomic mass is 10.1. The minimum absolute atomic E-state index is 0.142. The van der Waals surface area contributed by atoms with Crippen molar-refractivity contribution in [3.05, 3.63) is 29.3 Å². The molecule has 0 amide bonds. The van der Waals surface area contributed by atoms with Crippen molar-refractivity contribution in [3.8, 4) is 0 Å². The molecule has 1 aromatic rings. The van der Waals surface area contributed by atoms with Crippen LogP contribution in [0.5, 0.6) is 0 Å². The van der Waals surface area contributed by atoms with Crippen molar-refractivity contribution in [1.82, 2.24) is 4.90 Å². The van der Waals surface area contributed by atoms with Crippen LogP contribution in [0.2, 0.25) is 0 Å². The van der Waals surface area contributed by atoms with Crippen LogP contribution in [0.1, 0.15) is 12.0 Å². The van der Waals surface area contributed by atoms with Gasteiger partial charge in [-0.1, -0.05) is 0 Å². The Kier molecular flexibility index (Phi) is 2.14. The summed E-state index contributed by atoms with van der Waals surface area (Å²) >= 11 is 0. The van der Waals surface area contributed by atoms with Gasteiger partial charge in [-0.15, -0.1) is 0 Å². The van der Waals surface area contributed by atoms with Crippen molar-refractivity contribution in [1.29, 1.82) is 0 Å². The summed E-state index contributed by atoms with van der Waals surface area (Å²) in [5.41, 5.74) is 5.66. The first-order valence-corrected chi connectivity index (χ1v) is 5.59. The Bertz CT molecular complexity index is 400. The molecule has 4 heteroatoms. The fourth-order valence-corrected chi connectivity index (χ4v) is 2.62. The first kappa shape index (κ1) is 10.0. The normalized spacial score (nSPS) is 28.1. The average molecular weight is 224 g/mol. The maximum absolute atomic E-state index is 13.5. The Morgan fingerprint density at radius 3 is 2.31 bits per heavy atom. The Balaban J connectivity index is 1.78. The quantitative estimate of drug-likeness (QED) is 0.778. The van der Waals surface area contributed by atoms with Crippen molar-refractivity contribution in [3.63, 3.8) is 0 Å². The number of hydrogen-bond acceptors (Lipinski definition) is 2. The zero-order valence-corrected chi connectivity index (χ0v) is 8.92. The molecule has 3 rings (SSSR count). The molecule has 0 spiro atoms. The molecule has 2 fully saturated rings. The highest BCUT2D eigenvalue weighted by molar-refractivity contribution is 5.41. The predicted octanol–water partition coefficient (Wildman–Crippen LogP) is 2.00. The molecular weight excluding hydrogens is 210 g/mol. The summed E-state index contributed by atoms with van der Waals surface area (Å²) in [7, 11) is 0. The van der Waals surface area contributed by atoms with E-state index in [9.17, 15) is 8.78 Å². The number of fused-ring (bicyclic) bond motifs is 1. The molecule has 0 bridgehead atoms. The summed E-state index contributed by atoms with van der Waals surface area (Å²) in [5.74, 6) is 0.496. The van der Waals surface area contributed by atoms with E-state index in [2.05, 4.69) is 4.90 Å². The van der Waals surface area contributed by atoms with E-state index in [0.717, 1.165) is 24.9 Å². The Morgan fingerprint density at radius 2 is 1.75 bits per heavy atom. The standard InChI is InChI=1S/C12H14F2N2/c13-11-2-9(15)3-12(14)10(11)6-16-4-7-1-8(7)5-16/h2-3,7-8H,1,4-6,15H2. The fraction of sp³-hybridized carbons (Fsp3) is 0.500. The van der Waals surface area contributed by atoms with Crippen molar-refractivity contribution >= 4 is 5.69 Å². The van der Waals surface area contributed by atoms with Crippen LogP contribution in [0, 0.1) is 23.5 Å². The summed E-state index contributed by atoms with van der Waals surface area (Å²) in [6.07, 6.45) is 1.29. The molecule has 86 valence electrons. The number of nitrogen functional groups attached to an aromatic ring is 1. The second-order valence-electron chi connectivity index (χ2n) is 4.91. The van der Waals surface area contributed by atoms with Crippen molar-refractivity contribution in [2.24, 2.45) is 11.8 Å². The lowest BCUT2D eigenvalue weighted by Crippen LogP contribution is -2.23. The van der Waals surface area contributed by atoms with E-state index in [1.54, 1.807) is 0 Å². The molecule has 2 atom stereocenters. The minimum Gasteiger partial charge on any atom is -0.399 e. The van der Waals surface area contributed by atoms with E-state index in [4.69, 9.17) is 5.73 Å². The van der Waals surface area contributed by atoms with Crippen LogP contribution in [0.4, 0.5) is 14.5 Å². The largest absolute Gasteiger partial charge is 0.399 e. The van der Waals surface area contributed by atoms with Crippen LogP contribution in [-0.4, -0.2) is 18.0 Å². The number of piperidine rings is 1. The molecule has 1 aromatic carbocycles. The van der Waals surface area contributed by atoms with Gasteiger partial charge in [0.05, 0.1) is 0 Å². The van der Waals surface area contributed by atoms with Crippen LogP contribution in [0.15, 0.2) is 12.1 Å². The Morgan fingerprint density at radius 1 is 1.19 bits per heavy atom. The van der Waals surface area contributed by atoms with Gasteiger partial charge in [0, 0.05) is 30.9 Å². The Labute approximate surface area is 93.0 Å². The van der Waals surface area contributed by atoms with Crippen LogP contribution < -0.4 is 5.73 Å². The van der Waals surface area contributed by atoms with Gasteiger partial charge in [-0.3, -0.25) is 4.90 Å². The van der Waals surface area contributed by atoms with Crippen LogP contribution >= 0.6 is 0 Å². The summed E-state index contributed by atoms with van der Waals surface area (Å²) in [5, 5.41) is 0. The molecule has 2 N–H and O–H groups in total. The van der Waals surface area contributed by atoms with Gasteiger partial charge in [-0.2, -0.15) is 0 Å². The third-order valence-corrected chi connectivity index (χ3v) is 3.60.